The number of hydrogen-bond acceptors (Lipinski definition) is 5. The molecule has 2 N–H and O–H groups in total. The lowest BCUT2D eigenvalue weighted by Crippen LogP contribution is -2.36. The van der Waals surface area contributed by atoms with E-state index in [0.29, 0.717) is 32.9 Å². The van der Waals surface area contributed by atoms with Crippen molar-refractivity contribution in [3.63, 3.8) is 0 Å². The highest BCUT2D eigenvalue weighted by Crippen LogP contribution is 2.35. The SMILES string of the molecule is CCOc1cc2c(cc1CNC(=O)NCCCOCc1ccco1)OC(C)C2. The van der Waals surface area contributed by atoms with Crippen LogP contribution in [-0.2, 0) is 24.3 Å². The minimum Gasteiger partial charge on any atom is -0.494 e. The quantitative estimate of drug-likeness (QED) is 0.610. The number of ether oxygens (including phenoxy) is 3. The molecule has 0 saturated heterocycles. The highest BCUT2D eigenvalue weighted by Gasteiger charge is 2.22. The summed E-state index contributed by atoms with van der Waals surface area (Å²) in [6, 6.07) is 7.46. The van der Waals surface area contributed by atoms with Crippen LogP contribution in [0.3, 0.4) is 0 Å². The Bertz CT molecular complexity index is 760. The van der Waals surface area contributed by atoms with Crippen molar-refractivity contribution in [3.05, 3.63) is 47.4 Å². The van der Waals surface area contributed by atoms with E-state index in [0.717, 1.165) is 41.2 Å². The molecule has 2 aromatic rings. The minimum atomic E-state index is -0.219. The van der Waals surface area contributed by atoms with Gasteiger partial charge in [-0.3, -0.25) is 0 Å². The fourth-order valence-electron chi connectivity index (χ4n) is 3.09. The van der Waals surface area contributed by atoms with Gasteiger partial charge < -0.3 is 29.3 Å². The molecule has 3 rings (SSSR count). The van der Waals surface area contributed by atoms with Crippen molar-refractivity contribution in [2.24, 2.45) is 0 Å². The van der Waals surface area contributed by atoms with Crippen molar-refractivity contribution in [2.75, 3.05) is 19.8 Å². The molecular formula is C21H28N2O5. The van der Waals surface area contributed by atoms with Crippen LogP contribution >= 0.6 is 0 Å². The van der Waals surface area contributed by atoms with E-state index in [4.69, 9.17) is 18.6 Å². The van der Waals surface area contributed by atoms with Crippen molar-refractivity contribution in [1.82, 2.24) is 10.6 Å². The first-order chi connectivity index (χ1) is 13.7. The predicted octanol–water partition coefficient (Wildman–Crippen LogP) is 3.41. The minimum absolute atomic E-state index is 0.172. The highest BCUT2D eigenvalue weighted by atomic mass is 16.5. The van der Waals surface area contributed by atoms with Crippen LogP contribution in [0.5, 0.6) is 11.5 Å². The maximum absolute atomic E-state index is 12.0. The molecule has 1 aromatic carbocycles. The van der Waals surface area contributed by atoms with E-state index < -0.39 is 0 Å². The van der Waals surface area contributed by atoms with E-state index in [1.54, 1.807) is 6.26 Å². The van der Waals surface area contributed by atoms with Gasteiger partial charge in [0.15, 0.2) is 0 Å². The highest BCUT2D eigenvalue weighted by molar-refractivity contribution is 5.73. The second-order valence-corrected chi connectivity index (χ2v) is 6.73. The van der Waals surface area contributed by atoms with Gasteiger partial charge in [-0.25, -0.2) is 4.79 Å². The average Bonchev–Trinajstić information content (AvgIpc) is 3.31. The molecule has 1 aromatic heterocycles. The van der Waals surface area contributed by atoms with E-state index in [-0.39, 0.29) is 12.1 Å². The number of carbonyl (C=O) groups excluding carboxylic acids is 1. The summed E-state index contributed by atoms with van der Waals surface area (Å²) in [6.07, 6.45) is 3.40. The molecule has 0 bridgehead atoms. The van der Waals surface area contributed by atoms with Gasteiger partial charge in [0.25, 0.3) is 0 Å². The summed E-state index contributed by atoms with van der Waals surface area (Å²) in [5, 5.41) is 5.70. The Labute approximate surface area is 165 Å². The van der Waals surface area contributed by atoms with Crippen molar-refractivity contribution in [3.8, 4) is 11.5 Å². The molecule has 0 radical (unpaired) electrons. The molecule has 0 spiro atoms. The zero-order chi connectivity index (χ0) is 19.8. The molecule has 2 heterocycles. The maximum Gasteiger partial charge on any atom is 0.315 e. The third-order valence-electron chi connectivity index (χ3n) is 4.39. The van der Waals surface area contributed by atoms with Gasteiger partial charge >= 0.3 is 6.03 Å². The smallest absolute Gasteiger partial charge is 0.315 e. The average molecular weight is 388 g/mol. The van der Waals surface area contributed by atoms with Gasteiger partial charge in [-0.2, -0.15) is 0 Å². The number of fused-ring (bicyclic) bond motifs is 1. The first kappa shape index (κ1) is 20.1. The van der Waals surface area contributed by atoms with Crippen LogP contribution in [0.4, 0.5) is 4.79 Å². The van der Waals surface area contributed by atoms with Gasteiger partial charge in [-0.05, 0) is 44.5 Å². The number of benzene rings is 1. The Kier molecular flexibility index (Phi) is 7.19. The maximum atomic E-state index is 12.0. The third kappa shape index (κ3) is 5.66. The molecule has 1 unspecified atom stereocenters. The summed E-state index contributed by atoms with van der Waals surface area (Å²) < 4.78 is 22.2. The Morgan fingerprint density at radius 3 is 3.00 bits per heavy atom. The second kappa shape index (κ2) is 10.0. The molecule has 1 atom stereocenters. The summed E-state index contributed by atoms with van der Waals surface area (Å²) in [5.41, 5.74) is 2.06. The Morgan fingerprint density at radius 1 is 1.32 bits per heavy atom. The van der Waals surface area contributed by atoms with Gasteiger partial charge in [0.2, 0.25) is 0 Å². The summed E-state index contributed by atoms with van der Waals surface area (Å²) in [4.78, 5) is 12.0. The summed E-state index contributed by atoms with van der Waals surface area (Å²) in [7, 11) is 0. The predicted molar refractivity (Wildman–Crippen MR) is 105 cm³/mol. The fraction of sp³-hybridized carbons (Fsp3) is 0.476. The van der Waals surface area contributed by atoms with Crippen LogP contribution in [-0.4, -0.2) is 31.9 Å². The van der Waals surface area contributed by atoms with E-state index in [2.05, 4.69) is 10.6 Å². The zero-order valence-corrected chi connectivity index (χ0v) is 16.5. The van der Waals surface area contributed by atoms with Crippen molar-refractivity contribution >= 4 is 6.03 Å². The zero-order valence-electron chi connectivity index (χ0n) is 16.5. The summed E-state index contributed by atoms with van der Waals surface area (Å²) >= 11 is 0. The van der Waals surface area contributed by atoms with Gasteiger partial charge in [-0.1, -0.05) is 0 Å². The van der Waals surface area contributed by atoms with Gasteiger partial charge in [0.05, 0.1) is 12.9 Å². The first-order valence-electron chi connectivity index (χ1n) is 9.72. The Hall–Kier alpha value is -2.67. The lowest BCUT2D eigenvalue weighted by Gasteiger charge is -2.14. The summed E-state index contributed by atoms with van der Waals surface area (Å²) in [6.45, 7) is 6.48. The number of amides is 2. The number of rotatable bonds is 10. The van der Waals surface area contributed by atoms with E-state index >= 15 is 0 Å². The largest absolute Gasteiger partial charge is 0.494 e. The van der Waals surface area contributed by atoms with Crippen molar-refractivity contribution in [2.45, 2.75) is 45.9 Å². The molecule has 152 valence electrons. The third-order valence-corrected chi connectivity index (χ3v) is 4.39. The van der Waals surface area contributed by atoms with Crippen LogP contribution in [0.1, 0.15) is 37.2 Å². The number of urea groups is 1. The van der Waals surface area contributed by atoms with E-state index in [9.17, 15) is 4.79 Å². The number of furan rings is 1. The van der Waals surface area contributed by atoms with Crippen molar-refractivity contribution in [1.29, 1.82) is 0 Å². The van der Waals surface area contributed by atoms with E-state index in [1.807, 2.05) is 38.1 Å². The molecule has 1 aliphatic heterocycles. The number of carbonyl (C=O) groups is 1. The van der Waals surface area contributed by atoms with Crippen molar-refractivity contribution < 1.29 is 23.4 Å². The van der Waals surface area contributed by atoms with Gasteiger partial charge in [0, 0.05) is 37.2 Å². The van der Waals surface area contributed by atoms with Crippen LogP contribution < -0.4 is 20.1 Å². The Morgan fingerprint density at radius 2 is 2.21 bits per heavy atom. The second-order valence-electron chi connectivity index (χ2n) is 6.73. The molecule has 28 heavy (non-hydrogen) atoms. The van der Waals surface area contributed by atoms with Crippen LogP contribution in [0.2, 0.25) is 0 Å². The lowest BCUT2D eigenvalue weighted by atomic mass is 10.1. The normalized spacial score (nSPS) is 15.0. The molecule has 2 amide bonds. The van der Waals surface area contributed by atoms with Crippen LogP contribution in [0.15, 0.2) is 34.9 Å². The molecule has 7 heteroatoms. The molecule has 0 saturated carbocycles. The molecule has 7 nitrogen and oxygen atoms in total. The molecule has 0 aliphatic carbocycles. The molecular weight excluding hydrogens is 360 g/mol. The molecule has 1 aliphatic rings. The monoisotopic (exact) mass is 388 g/mol. The topological polar surface area (TPSA) is 82.0 Å². The molecule has 0 fully saturated rings. The first-order valence-corrected chi connectivity index (χ1v) is 9.72. The van der Waals surface area contributed by atoms with E-state index in [1.165, 1.54) is 0 Å². The number of nitrogens with one attached hydrogen (secondary N) is 2. The van der Waals surface area contributed by atoms with Crippen LogP contribution in [0, 0.1) is 0 Å². The van der Waals surface area contributed by atoms with Gasteiger partial charge in [0.1, 0.15) is 30.0 Å². The van der Waals surface area contributed by atoms with Crippen LogP contribution in [0.25, 0.3) is 0 Å². The standard InChI is InChI=1S/C21H28N2O5/c1-3-26-19-11-16-10-15(2)28-20(16)12-17(19)13-23-21(24)22-7-5-8-25-14-18-6-4-9-27-18/h4,6,9,11-12,15H,3,5,7-8,10,13-14H2,1-2H3,(H2,22,23,24). The fourth-order valence-corrected chi connectivity index (χ4v) is 3.09. The Balaban J connectivity index is 1.38. The lowest BCUT2D eigenvalue weighted by molar-refractivity contribution is 0.104. The van der Waals surface area contributed by atoms with Gasteiger partial charge in [-0.15, -0.1) is 0 Å². The number of hydrogen-bond donors (Lipinski definition) is 2. The summed E-state index contributed by atoms with van der Waals surface area (Å²) in [5.74, 6) is 2.47.